The van der Waals surface area contributed by atoms with Crippen LogP contribution in [0, 0.1) is 0 Å². The van der Waals surface area contributed by atoms with Crippen molar-refractivity contribution in [3.63, 3.8) is 0 Å². The van der Waals surface area contributed by atoms with Crippen LogP contribution in [0.3, 0.4) is 0 Å². The molecule has 0 saturated carbocycles. The first kappa shape index (κ1) is 47.3. The fourth-order valence-electron chi connectivity index (χ4n) is 7.16. The summed E-state index contributed by atoms with van der Waals surface area (Å²) in [7, 11) is 1.34. The normalized spacial score (nSPS) is 31.8. The number of fused-ring (bicyclic) bond motifs is 1. The molecule has 352 valence electrons. The van der Waals surface area contributed by atoms with Crippen molar-refractivity contribution in [3.8, 4) is 51.6 Å². The molecule has 23 nitrogen and oxygen atoms in total. The number of aliphatic hydroxyl groups is 8. The van der Waals surface area contributed by atoms with Crippen LogP contribution in [0.2, 0.25) is 0 Å². The summed E-state index contributed by atoms with van der Waals surface area (Å²) < 4.78 is 51.0. The molecule has 0 unspecified atom stereocenters. The monoisotopic (exact) mass is 919 g/mol. The number of carbonyl (C=O) groups excluding carboxylic acids is 1. The molecule has 3 saturated heterocycles. The van der Waals surface area contributed by atoms with Crippen LogP contribution in [0.25, 0.3) is 28.4 Å². The molecule has 3 fully saturated rings. The Hall–Kier alpha value is -5.64. The molecule has 1 aromatic heterocycles. The van der Waals surface area contributed by atoms with Crippen molar-refractivity contribution in [2.45, 2.75) is 86.0 Å². The maximum absolute atomic E-state index is 12.5. The molecule has 7 rings (SSSR count). The van der Waals surface area contributed by atoms with Gasteiger partial charge < -0.3 is 104 Å². The zero-order valence-electron chi connectivity index (χ0n) is 34.0. The number of methoxy groups -OCH3 is 1. The van der Waals surface area contributed by atoms with E-state index in [9.17, 15) is 71.2 Å². The fraction of sp³-hybridized carbons (Fsp3) is 0.429. The third kappa shape index (κ3) is 10.3. The molecule has 14 atom stereocenters. The predicted molar refractivity (Wildman–Crippen MR) is 214 cm³/mol. The highest BCUT2D eigenvalue weighted by atomic mass is 16.8. The minimum atomic E-state index is -2.03. The number of ether oxygens (including phenoxy) is 8. The molecular formula is C42H47O23+. The van der Waals surface area contributed by atoms with Crippen molar-refractivity contribution in [2.24, 2.45) is 0 Å². The Kier molecular flexibility index (Phi) is 14.5. The van der Waals surface area contributed by atoms with E-state index < -0.39 is 135 Å². The molecule has 0 spiro atoms. The van der Waals surface area contributed by atoms with Gasteiger partial charge in [-0.1, -0.05) is 6.07 Å². The van der Waals surface area contributed by atoms with Gasteiger partial charge in [-0.25, -0.2) is 9.21 Å². The Labute approximate surface area is 366 Å². The van der Waals surface area contributed by atoms with Gasteiger partial charge in [-0.2, -0.15) is 0 Å². The Bertz CT molecular complexity index is 2340. The lowest BCUT2D eigenvalue weighted by Crippen LogP contribution is -2.64. The van der Waals surface area contributed by atoms with E-state index in [4.69, 9.17) is 42.3 Å². The Morgan fingerprint density at radius 3 is 2.12 bits per heavy atom. The molecule has 4 aromatic rings. The first-order chi connectivity index (χ1) is 30.9. The first-order valence-electron chi connectivity index (χ1n) is 19.8. The molecule has 3 aliphatic heterocycles. The highest BCUT2D eigenvalue weighted by molar-refractivity contribution is 5.89. The molecule has 0 aliphatic carbocycles. The van der Waals surface area contributed by atoms with Gasteiger partial charge in [0.25, 0.3) is 0 Å². The zero-order chi connectivity index (χ0) is 46.9. The van der Waals surface area contributed by atoms with E-state index in [1.165, 1.54) is 43.5 Å². The summed E-state index contributed by atoms with van der Waals surface area (Å²) in [5.41, 5.74) is 0.417. The van der Waals surface area contributed by atoms with Crippen molar-refractivity contribution in [1.29, 1.82) is 0 Å². The molecule has 65 heavy (non-hydrogen) atoms. The van der Waals surface area contributed by atoms with Crippen LogP contribution in [0.15, 0.2) is 65.1 Å². The van der Waals surface area contributed by atoms with Gasteiger partial charge in [0.05, 0.1) is 32.0 Å². The third-order valence-electron chi connectivity index (χ3n) is 10.8. The summed E-state index contributed by atoms with van der Waals surface area (Å²) in [4.78, 5) is 12.5. The summed E-state index contributed by atoms with van der Waals surface area (Å²) >= 11 is 0. The average molecular weight is 920 g/mol. The van der Waals surface area contributed by atoms with Crippen molar-refractivity contribution < 1.29 is 113 Å². The lowest BCUT2D eigenvalue weighted by molar-refractivity contribution is -0.353. The van der Waals surface area contributed by atoms with Crippen LogP contribution >= 0.6 is 0 Å². The molecule has 0 bridgehead atoms. The number of esters is 1. The number of rotatable bonds is 13. The maximum Gasteiger partial charge on any atom is 0.402 e. The van der Waals surface area contributed by atoms with Gasteiger partial charge in [-0.3, -0.25) is 0 Å². The average Bonchev–Trinajstić information content (AvgIpc) is 3.28. The molecular weight excluding hydrogens is 872 g/mol. The topological polar surface area (TPSA) is 365 Å². The van der Waals surface area contributed by atoms with Gasteiger partial charge >= 0.3 is 17.3 Å². The van der Waals surface area contributed by atoms with E-state index in [0.717, 1.165) is 30.3 Å². The largest absolute Gasteiger partial charge is 0.507 e. The van der Waals surface area contributed by atoms with E-state index in [1.807, 2.05) is 0 Å². The molecule has 0 radical (unpaired) electrons. The number of hydrogen-bond donors (Lipinski definition) is 13. The number of phenolic OH excluding ortho intramolecular Hbond substituents is 5. The number of aliphatic hydroxyl groups excluding tert-OH is 8. The summed E-state index contributed by atoms with van der Waals surface area (Å²) in [5.74, 6) is -3.40. The van der Waals surface area contributed by atoms with Gasteiger partial charge in [-0.05, 0) is 35.9 Å². The van der Waals surface area contributed by atoms with E-state index >= 15 is 0 Å². The molecule has 23 heteroatoms. The number of benzene rings is 3. The summed E-state index contributed by atoms with van der Waals surface area (Å²) in [6.45, 7) is -1.95. The lowest BCUT2D eigenvalue weighted by Gasteiger charge is -2.45. The van der Waals surface area contributed by atoms with Gasteiger partial charge in [0.2, 0.25) is 12.0 Å². The number of aromatic hydroxyl groups is 5. The number of phenols is 5. The fourth-order valence-corrected chi connectivity index (χ4v) is 7.16. The van der Waals surface area contributed by atoms with Crippen molar-refractivity contribution in [1.82, 2.24) is 0 Å². The Balaban J connectivity index is 1.12. The minimum Gasteiger partial charge on any atom is -0.507 e. The summed E-state index contributed by atoms with van der Waals surface area (Å²) in [6, 6.07) is 11.2. The van der Waals surface area contributed by atoms with Crippen LogP contribution in [0.4, 0.5) is 0 Å². The van der Waals surface area contributed by atoms with E-state index in [2.05, 4.69) is 0 Å². The standard InChI is InChI=1S/C42H46O23/c1-57-26-8-16(2-5-21(26)45)3-7-30(49)58-14-28-32(51)34(53)37(56)40(63-28)60-15-29-33(52)35(54)39(65-41-36(55)31(50)24(48)13-59-41)42(64-29)62-27-12-19-22(46)10-18(43)11-25(19)61-38(27)17-4-6-20(44)23(47)9-17/h2-12,24,28-29,31-37,39-42,48,50-56H,13-15H2,1H3,(H4-,43,44,45,46,47,49)/p+1/t24-,28-,29-,31+,32-,33+,34+,35+,36-,37-,39-,40-,41+,42-/m0/s1. The molecule has 3 aromatic carbocycles. The Morgan fingerprint density at radius 1 is 0.692 bits per heavy atom. The van der Waals surface area contributed by atoms with Gasteiger partial charge in [0, 0.05) is 24.3 Å². The van der Waals surface area contributed by atoms with Crippen LogP contribution in [0.5, 0.6) is 40.2 Å². The Morgan fingerprint density at radius 2 is 1.38 bits per heavy atom. The molecule has 0 amide bonds. The lowest BCUT2D eigenvalue weighted by atomic mass is 9.98. The second-order valence-electron chi connectivity index (χ2n) is 15.3. The zero-order valence-corrected chi connectivity index (χ0v) is 34.0. The van der Waals surface area contributed by atoms with E-state index in [-0.39, 0.29) is 39.5 Å². The van der Waals surface area contributed by atoms with Crippen molar-refractivity contribution in [3.05, 3.63) is 66.2 Å². The summed E-state index contributed by atoms with van der Waals surface area (Å²) in [5, 5.41) is 137. The quantitative estimate of drug-likeness (QED) is 0.0319. The predicted octanol–water partition coefficient (Wildman–Crippen LogP) is -1.35. The molecule has 3 aliphatic rings. The number of hydrogen-bond acceptors (Lipinski definition) is 22. The second-order valence-corrected chi connectivity index (χ2v) is 15.3. The van der Waals surface area contributed by atoms with Crippen LogP contribution in [0.1, 0.15) is 5.56 Å². The SMILES string of the molecule is COc1cc(/C=C/C(=O)OC[C@@H]2O[C@H](OC[C@@H]3O[C@H](Oc4cc5c(O)cc(O)cc5[o+]c4-c4ccc(O)c(O)c4)[C@@H](O[C@H]4OC[C@H](O)[C@@H](O)[C@@H]4O)[C@H](O)[C@@H]3O)[C@@H](O)[C@H](O)[C@H]2O)ccc1O. The first-order valence-corrected chi connectivity index (χ1v) is 19.8. The third-order valence-corrected chi connectivity index (χ3v) is 10.8. The highest BCUT2D eigenvalue weighted by Crippen LogP contribution is 2.43. The van der Waals surface area contributed by atoms with Crippen LogP contribution in [-0.2, 0) is 33.2 Å². The van der Waals surface area contributed by atoms with Crippen LogP contribution in [-0.4, -0.2) is 185 Å². The van der Waals surface area contributed by atoms with Gasteiger partial charge in [0.15, 0.2) is 41.7 Å². The minimum absolute atomic E-state index is 0.0418. The number of carbonyl (C=O) groups is 1. The smallest absolute Gasteiger partial charge is 0.402 e. The van der Waals surface area contributed by atoms with E-state index in [1.54, 1.807) is 0 Å². The second kappa shape index (κ2) is 19.8. The highest BCUT2D eigenvalue weighted by Gasteiger charge is 2.52. The van der Waals surface area contributed by atoms with Crippen LogP contribution < -0.4 is 9.47 Å². The molecule has 13 N–H and O–H groups in total. The van der Waals surface area contributed by atoms with Gasteiger partial charge in [-0.15, -0.1) is 0 Å². The van der Waals surface area contributed by atoms with Crippen molar-refractivity contribution >= 4 is 23.0 Å². The maximum atomic E-state index is 12.5. The van der Waals surface area contributed by atoms with Crippen molar-refractivity contribution in [2.75, 3.05) is 26.9 Å². The van der Waals surface area contributed by atoms with E-state index in [0.29, 0.717) is 5.56 Å². The summed E-state index contributed by atoms with van der Waals surface area (Å²) in [6.07, 6.45) is -22.8. The molecule has 4 heterocycles. The van der Waals surface area contributed by atoms with Gasteiger partial charge in [0.1, 0.15) is 84.5 Å².